The lowest BCUT2D eigenvalue weighted by molar-refractivity contribution is -0.139. The number of carboxylic acid groups (broad SMARTS) is 1. The second kappa shape index (κ2) is 22.1. The van der Waals surface area contributed by atoms with Gasteiger partial charge in [-0.05, 0) is 59.7 Å². The van der Waals surface area contributed by atoms with E-state index >= 15 is 0 Å². The van der Waals surface area contributed by atoms with Crippen LogP contribution in [-0.2, 0) is 58.4 Å². The van der Waals surface area contributed by atoms with Gasteiger partial charge in [0.15, 0.2) is 0 Å². The van der Waals surface area contributed by atoms with Crippen LogP contribution in [0, 0.1) is 0 Å². The molecule has 8 N–H and O–H groups in total. The maximum absolute atomic E-state index is 13.6. The predicted molar refractivity (Wildman–Crippen MR) is 216 cm³/mol. The largest absolute Gasteiger partial charge is 0.481 e. The Balaban J connectivity index is 1.43. The highest BCUT2D eigenvalue weighted by atomic mass is 32.3. The van der Waals surface area contributed by atoms with Crippen molar-refractivity contribution in [2.45, 2.75) is 56.7 Å². The van der Waals surface area contributed by atoms with E-state index in [0.29, 0.717) is 24.3 Å². The number of benzene rings is 3. The average Bonchev–Trinajstić information content (AvgIpc) is 3.60. The summed E-state index contributed by atoms with van der Waals surface area (Å²) < 4.78 is 35.5. The van der Waals surface area contributed by atoms with Gasteiger partial charge in [0.1, 0.15) is 23.9 Å². The first-order valence-corrected chi connectivity index (χ1v) is 21.0. The van der Waals surface area contributed by atoms with Crippen LogP contribution in [-0.4, -0.2) is 102 Å². The van der Waals surface area contributed by atoms with E-state index in [0.717, 1.165) is 22.0 Å². The van der Waals surface area contributed by atoms with E-state index in [1.165, 1.54) is 36.0 Å². The van der Waals surface area contributed by atoms with Gasteiger partial charge < -0.3 is 40.9 Å². The smallest absolute Gasteiger partial charge is 0.446 e. The fourth-order valence-electron chi connectivity index (χ4n) is 5.88. The number of fused-ring (bicyclic) bond motifs is 1. The summed E-state index contributed by atoms with van der Waals surface area (Å²) in [5.41, 5.74) is 3.10. The minimum atomic E-state index is -4.79. The monoisotopic (exact) mass is 838 g/mol. The van der Waals surface area contributed by atoms with Crippen LogP contribution in [0.5, 0.6) is 5.75 Å². The molecule has 0 aliphatic carbocycles. The van der Waals surface area contributed by atoms with Crippen molar-refractivity contribution in [3.8, 4) is 5.75 Å². The number of hydrogen-bond donors (Lipinski definition) is 8. The SMILES string of the molecule is CSCC[C@H](NC(=O)[C@H](Cc1ccc(OS(=O)(=O)O)cc1)NC(=O)CCC(=O)O)C(=O)NCC(=O)N[C@H](Cc1c[nH]c2ccccc12)C(=O)NCCc1ccccc1. The van der Waals surface area contributed by atoms with Crippen LogP contribution < -0.4 is 30.8 Å². The van der Waals surface area contributed by atoms with Gasteiger partial charge in [-0.25, -0.2) is 0 Å². The molecule has 58 heavy (non-hydrogen) atoms. The average molecular weight is 839 g/mol. The molecule has 0 spiro atoms. The molecule has 19 heteroatoms. The van der Waals surface area contributed by atoms with Gasteiger partial charge >= 0.3 is 16.4 Å². The van der Waals surface area contributed by atoms with Crippen LogP contribution in [0.15, 0.2) is 85.1 Å². The second-order valence-electron chi connectivity index (χ2n) is 13.1. The number of nitrogens with one attached hydrogen (secondary N) is 6. The Morgan fingerprint density at radius 1 is 0.741 bits per heavy atom. The van der Waals surface area contributed by atoms with E-state index in [1.54, 1.807) is 12.5 Å². The minimum Gasteiger partial charge on any atom is -0.481 e. The normalized spacial score (nSPS) is 12.7. The molecule has 0 unspecified atom stereocenters. The number of carbonyl (C=O) groups is 6. The molecule has 3 aromatic carbocycles. The van der Waals surface area contributed by atoms with E-state index in [4.69, 9.17) is 9.66 Å². The molecule has 17 nitrogen and oxygen atoms in total. The summed E-state index contributed by atoms with van der Waals surface area (Å²) in [6.07, 6.45) is 3.34. The van der Waals surface area contributed by atoms with Gasteiger partial charge in [-0.15, -0.1) is 0 Å². The van der Waals surface area contributed by atoms with Crippen molar-refractivity contribution < 1.29 is 51.0 Å². The van der Waals surface area contributed by atoms with Crippen LogP contribution in [0.2, 0.25) is 0 Å². The summed E-state index contributed by atoms with van der Waals surface area (Å²) in [7, 11) is -4.79. The number of carbonyl (C=O) groups excluding carboxylic acids is 5. The van der Waals surface area contributed by atoms with Gasteiger partial charge in [0.25, 0.3) is 0 Å². The van der Waals surface area contributed by atoms with Crippen LogP contribution >= 0.6 is 11.8 Å². The number of hydrogen-bond acceptors (Lipinski definition) is 10. The molecule has 1 aromatic heterocycles. The number of thioether (sulfide) groups is 1. The van der Waals surface area contributed by atoms with E-state index in [1.807, 2.05) is 54.6 Å². The first kappa shape index (κ1) is 44.8. The summed E-state index contributed by atoms with van der Waals surface area (Å²) in [5, 5.41) is 23.2. The summed E-state index contributed by atoms with van der Waals surface area (Å²) in [5.74, 6) is -4.34. The molecule has 0 saturated heterocycles. The summed E-state index contributed by atoms with van der Waals surface area (Å²) in [6, 6.07) is 18.9. The topological polar surface area (TPSA) is 262 Å². The highest BCUT2D eigenvalue weighted by Gasteiger charge is 2.28. The van der Waals surface area contributed by atoms with Crippen LogP contribution in [0.3, 0.4) is 0 Å². The number of amides is 5. The molecule has 4 aromatic rings. The number of aliphatic carboxylic acids is 1. The van der Waals surface area contributed by atoms with Gasteiger partial charge in [-0.1, -0.05) is 60.7 Å². The molecule has 0 fully saturated rings. The molecular weight excluding hydrogens is 793 g/mol. The van der Waals surface area contributed by atoms with Gasteiger partial charge in [0.05, 0.1) is 13.0 Å². The van der Waals surface area contributed by atoms with E-state index in [9.17, 15) is 37.2 Å². The van der Waals surface area contributed by atoms with Gasteiger partial charge in [-0.2, -0.15) is 20.2 Å². The highest BCUT2D eigenvalue weighted by molar-refractivity contribution is 7.98. The Morgan fingerprint density at radius 3 is 2.09 bits per heavy atom. The molecular formula is C39H46N6O11S2. The zero-order valence-electron chi connectivity index (χ0n) is 31.6. The minimum absolute atomic E-state index is 0.134. The van der Waals surface area contributed by atoms with Crippen molar-refractivity contribution in [3.63, 3.8) is 0 Å². The zero-order valence-corrected chi connectivity index (χ0v) is 33.2. The number of para-hydroxylation sites is 1. The van der Waals surface area contributed by atoms with Gasteiger partial charge in [0.2, 0.25) is 29.5 Å². The summed E-state index contributed by atoms with van der Waals surface area (Å²) in [6.45, 7) is -0.203. The fourth-order valence-corrected chi connectivity index (χ4v) is 6.70. The molecule has 1 heterocycles. The maximum atomic E-state index is 13.6. The third-order valence-electron chi connectivity index (χ3n) is 8.76. The molecule has 0 saturated carbocycles. The van der Waals surface area contributed by atoms with Crippen LogP contribution in [0.4, 0.5) is 0 Å². The van der Waals surface area contributed by atoms with Crippen LogP contribution in [0.25, 0.3) is 10.9 Å². The Hall–Kier alpha value is -5.92. The van der Waals surface area contributed by atoms with Gasteiger partial charge in [0, 0.05) is 42.9 Å². The Morgan fingerprint density at radius 2 is 1.40 bits per heavy atom. The standard InChI is InChI=1S/C39H46N6O11S2/c1-57-20-18-31(45-39(52)32(43-34(46)15-16-36(48)49)21-26-11-13-28(14-12-26)56-58(53,54)55)37(50)42-24-35(47)44-33(22-27-23-41-30-10-6-5-9-29(27)30)38(51)40-19-17-25-7-3-2-4-8-25/h2-14,23,31-33,41H,15-22,24H2,1H3,(H,40,51)(H,42,50)(H,43,46)(H,44,47)(H,45,52)(H,48,49)(H,53,54,55)/t31-,32-,33+/m0/s1. The fraction of sp³-hybridized carbons (Fsp3) is 0.333. The number of aromatic amines is 1. The zero-order chi connectivity index (χ0) is 42.1. The molecule has 0 aliphatic rings. The molecule has 5 amide bonds. The van der Waals surface area contributed by atoms with Crippen molar-refractivity contribution in [1.29, 1.82) is 0 Å². The maximum Gasteiger partial charge on any atom is 0.446 e. The van der Waals surface area contributed by atoms with Crippen molar-refractivity contribution in [1.82, 2.24) is 31.6 Å². The third-order valence-corrected chi connectivity index (χ3v) is 9.80. The van der Waals surface area contributed by atoms with E-state index < -0.39 is 83.4 Å². The van der Waals surface area contributed by atoms with Crippen molar-refractivity contribution in [2.24, 2.45) is 0 Å². The van der Waals surface area contributed by atoms with Crippen molar-refractivity contribution in [3.05, 3.63) is 102 Å². The molecule has 0 radical (unpaired) electrons. The predicted octanol–water partition coefficient (Wildman–Crippen LogP) is 1.68. The lowest BCUT2D eigenvalue weighted by atomic mass is 10.0. The molecule has 0 bridgehead atoms. The van der Waals surface area contributed by atoms with Crippen molar-refractivity contribution in [2.75, 3.05) is 25.1 Å². The second-order valence-corrected chi connectivity index (χ2v) is 15.2. The number of rotatable bonds is 23. The molecule has 310 valence electrons. The molecule has 0 aliphatic heterocycles. The summed E-state index contributed by atoms with van der Waals surface area (Å²) >= 11 is 1.40. The lowest BCUT2D eigenvalue weighted by Crippen LogP contribution is -2.56. The molecule has 4 rings (SSSR count). The van der Waals surface area contributed by atoms with Crippen LogP contribution in [0.1, 0.15) is 36.0 Å². The van der Waals surface area contributed by atoms with E-state index in [-0.39, 0.29) is 25.0 Å². The number of aromatic nitrogens is 1. The third kappa shape index (κ3) is 15.2. The summed E-state index contributed by atoms with van der Waals surface area (Å²) in [4.78, 5) is 80.7. The molecule has 3 atom stereocenters. The number of H-pyrrole nitrogens is 1. The quantitative estimate of drug-likeness (QED) is 0.0497. The Kier molecular flexibility index (Phi) is 17.1. The first-order chi connectivity index (χ1) is 27.7. The van der Waals surface area contributed by atoms with Gasteiger partial charge in [-0.3, -0.25) is 33.3 Å². The Bertz CT molecular complexity index is 2150. The Labute approximate surface area is 339 Å². The first-order valence-electron chi connectivity index (χ1n) is 18.2. The lowest BCUT2D eigenvalue weighted by Gasteiger charge is -2.23. The highest BCUT2D eigenvalue weighted by Crippen LogP contribution is 2.19. The number of carboxylic acids is 1. The van der Waals surface area contributed by atoms with E-state index in [2.05, 4.69) is 35.8 Å². The van der Waals surface area contributed by atoms with Crippen molar-refractivity contribution >= 4 is 68.6 Å².